The van der Waals surface area contributed by atoms with Gasteiger partial charge in [-0.3, -0.25) is 0 Å². The molecule has 1 heterocycles. The van der Waals surface area contributed by atoms with E-state index in [4.69, 9.17) is 33.8 Å². The Kier molecular flexibility index (Phi) is 18.8. The van der Waals surface area contributed by atoms with E-state index >= 15 is 0 Å². The van der Waals surface area contributed by atoms with E-state index in [1.54, 1.807) is 84.3 Å². The van der Waals surface area contributed by atoms with Crippen LogP contribution in [0.3, 0.4) is 0 Å². The highest BCUT2D eigenvalue weighted by molar-refractivity contribution is 7.22. The zero-order valence-corrected chi connectivity index (χ0v) is 36.3. The molecule has 0 radical (unpaired) electrons. The van der Waals surface area contributed by atoms with Crippen molar-refractivity contribution >= 4 is 50.8 Å². The minimum absolute atomic E-state index is 0.242. The molecule has 0 N–H and O–H groups in total. The summed E-state index contributed by atoms with van der Waals surface area (Å²) in [6.45, 7) is 12.0. The van der Waals surface area contributed by atoms with Crippen LogP contribution in [-0.4, -0.2) is 55.5 Å². The minimum atomic E-state index is -0.562. The van der Waals surface area contributed by atoms with Crippen LogP contribution in [0.1, 0.15) is 111 Å². The smallest absolute Gasteiger partial charge is 0.343 e. The lowest BCUT2D eigenvalue weighted by molar-refractivity contribution is -0.137. The number of benzene rings is 4. The van der Waals surface area contributed by atoms with E-state index in [0.717, 1.165) is 66.4 Å². The number of unbranched alkanes of at least 4 members (excludes halogenated alkanes) is 7. The van der Waals surface area contributed by atoms with Gasteiger partial charge in [-0.15, -0.1) is 0 Å². The average Bonchev–Trinajstić information content (AvgIpc) is 3.71. The van der Waals surface area contributed by atoms with E-state index in [2.05, 4.69) is 27.4 Å². The van der Waals surface area contributed by atoms with Crippen molar-refractivity contribution < 1.29 is 38.1 Å². The van der Waals surface area contributed by atoms with Crippen molar-refractivity contribution in [1.82, 2.24) is 4.98 Å². The number of nitrogens with zero attached hydrogens (tertiary/aromatic N) is 3. The summed E-state index contributed by atoms with van der Waals surface area (Å²) >= 11 is 1.55. The highest BCUT2D eigenvalue weighted by Crippen LogP contribution is 2.30. The maximum absolute atomic E-state index is 13.5. The van der Waals surface area contributed by atoms with Crippen LogP contribution >= 0.6 is 11.3 Å². The fraction of sp³-hybridized carbons (Fsp3) is 0.367. The SMILES string of the molecule is C=CC(=O)OCCCCCCOc1ccc(C(=O)Oc2ccc(OC(=O)c3ccc(OCCCCCCC)cc3)c(/C=N/N(CCC(C)C)c3nc4ccccc4s3)c2)cc1. The molecule has 0 atom stereocenters. The fourth-order valence-electron chi connectivity index (χ4n) is 6.04. The Balaban J connectivity index is 1.27. The summed E-state index contributed by atoms with van der Waals surface area (Å²) in [7, 11) is 0. The monoisotopic (exact) mass is 847 g/mol. The van der Waals surface area contributed by atoms with Crippen LogP contribution in [0.2, 0.25) is 0 Å². The predicted octanol–water partition coefficient (Wildman–Crippen LogP) is 11.6. The van der Waals surface area contributed by atoms with Crippen molar-refractivity contribution in [2.75, 3.05) is 31.4 Å². The number of carbonyl (C=O) groups excluding carboxylic acids is 3. The highest BCUT2D eigenvalue weighted by atomic mass is 32.1. The zero-order valence-electron chi connectivity index (χ0n) is 35.5. The third kappa shape index (κ3) is 15.5. The van der Waals surface area contributed by atoms with Gasteiger partial charge in [0.25, 0.3) is 0 Å². The van der Waals surface area contributed by atoms with Gasteiger partial charge in [0.1, 0.15) is 23.0 Å². The molecule has 4 aromatic carbocycles. The number of fused-ring (bicyclic) bond motifs is 1. The Hall–Kier alpha value is -6.01. The number of hydrazone groups is 1. The Labute approximate surface area is 363 Å². The first-order valence-corrected chi connectivity index (χ1v) is 22.0. The molecule has 0 aliphatic carbocycles. The molecule has 0 aliphatic heterocycles. The number of anilines is 1. The van der Waals surface area contributed by atoms with Crippen LogP contribution in [0, 0.1) is 5.92 Å². The second-order valence-electron chi connectivity index (χ2n) is 14.9. The molecule has 0 saturated heterocycles. The topological polar surface area (TPSA) is 126 Å². The molecular formula is C49H57N3O8S. The van der Waals surface area contributed by atoms with Crippen LogP contribution < -0.4 is 24.0 Å². The summed E-state index contributed by atoms with van der Waals surface area (Å²) in [5.74, 6) is 0.717. The molecule has 5 aromatic rings. The Morgan fingerprint density at radius 1 is 0.738 bits per heavy atom. The number of hydrogen-bond acceptors (Lipinski definition) is 12. The van der Waals surface area contributed by atoms with Gasteiger partial charge >= 0.3 is 17.9 Å². The van der Waals surface area contributed by atoms with Gasteiger partial charge in [0.2, 0.25) is 5.13 Å². The van der Waals surface area contributed by atoms with Crippen molar-refractivity contribution in [3.63, 3.8) is 0 Å². The molecule has 0 amide bonds. The molecule has 322 valence electrons. The van der Waals surface area contributed by atoms with Crippen LogP contribution in [-0.2, 0) is 9.53 Å². The molecule has 0 bridgehead atoms. The summed E-state index contributed by atoms with van der Waals surface area (Å²) in [6, 6.07) is 26.4. The van der Waals surface area contributed by atoms with Gasteiger partial charge in [0.15, 0.2) is 0 Å². The van der Waals surface area contributed by atoms with Crippen LogP contribution in [0.5, 0.6) is 23.0 Å². The van der Waals surface area contributed by atoms with Gasteiger partial charge in [0.05, 0.1) is 47.4 Å². The van der Waals surface area contributed by atoms with Gasteiger partial charge < -0.3 is 23.7 Å². The fourth-order valence-corrected chi connectivity index (χ4v) is 6.99. The van der Waals surface area contributed by atoms with E-state index in [9.17, 15) is 14.4 Å². The largest absolute Gasteiger partial charge is 0.494 e. The van der Waals surface area contributed by atoms with E-state index in [1.165, 1.54) is 19.3 Å². The van der Waals surface area contributed by atoms with E-state index in [-0.39, 0.29) is 11.5 Å². The summed E-state index contributed by atoms with van der Waals surface area (Å²) in [6.07, 6.45) is 12.8. The molecule has 5 rings (SSSR count). The van der Waals surface area contributed by atoms with Crippen molar-refractivity contribution in [3.8, 4) is 23.0 Å². The Morgan fingerprint density at radius 3 is 1.93 bits per heavy atom. The number of para-hydroxylation sites is 1. The van der Waals surface area contributed by atoms with Gasteiger partial charge in [-0.25, -0.2) is 24.4 Å². The molecule has 12 heteroatoms. The molecule has 0 spiro atoms. The van der Waals surface area contributed by atoms with Gasteiger partial charge in [-0.1, -0.05) is 76.5 Å². The van der Waals surface area contributed by atoms with Crippen LogP contribution in [0.15, 0.2) is 109 Å². The molecule has 1 aromatic heterocycles. The normalized spacial score (nSPS) is 11.1. The number of thiazole rings is 1. The first-order valence-electron chi connectivity index (χ1n) is 21.2. The number of esters is 3. The van der Waals surface area contributed by atoms with Gasteiger partial charge in [-0.2, -0.15) is 5.10 Å². The lowest BCUT2D eigenvalue weighted by atomic mass is 10.1. The van der Waals surface area contributed by atoms with Gasteiger partial charge in [0, 0.05) is 18.2 Å². The van der Waals surface area contributed by atoms with E-state index < -0.39 is 17.9 Å². The molecule has 0 aliphatic rings. The predicted molar refractivity (Wildman–Crippen MR) is 243 cm³/mol. The molecule has 0 fully saturated rings. The summed E-state index contributed by atoms with van der Waals surface area (Å²) in [5.41, 5.74) is 2.01. The first kappa shape index (κ1) is 46.1. The van der Waals surface area contributed by atoms with Crippen molar-refractivity contribution in [2.24, 2.45) is 11.0 Å². The third-order valence-electron chi connectivity index (χ3n) is 9.57. The maximum Gasteiger partial charge on any atom is 0.343 e. The summed E-state index contributed by atoms with van der Waals surface area (Å²) < 4.78 is 29.6. The maximum atomic E-state index is 13.5. The summed E-state index contributed by atoms with van der Waals surface area (Å²) in [5, 5.41) is 7.44. The van der Waals surface area contributed by atoms with E-state index in [1.807, 2.05) is 29.3 Å². The number of carbonyl (C=O) groups is 3. The standard InChI is InChI=1S/C49H57N3O8S/c1-5-7-8-9-14-31-56-41-25-21-38(22-26-41)48(55)60-44-28-27-42(34-39(44)35-50-52(30-29-36(3)4)49-51-43-17-12-13-18-45(43)61-49)59-47(54)37-19-23-40(24-20-37)57-32-15-10-11-16-33-58-46(53)6-2/h6,12-13,17-28,34-36H,2,5,7-11,14-16,29-33H2,1,3-4H3/b50-35+. The molecule has 0 saturated carbocycles. The minimum Gasteiger partial charge on any atom is -0.494 e. The molecular weight excluding hydrogens is 791 g/mol. The molecule has 0 unspecified atom stereocenters. The number of hydrogen-bond donors (Lipinski definition) is 0. The second kappa shape index (κ2) is 24.9. The van der Waals surface area contributed by atoms with Crippen molar-refractivity contribution in [2.45, 2.75) is 85.0 Å². The number of rotatable bonds is 26. The highest BCUT2D eigenvalue weighted by Gasteiger charge is 2.17. The second-order valence-corrected chi connectivity index (χ2v) is 15.9. The lowest BCUT2D eigenvalue weighted by Crippen LogP contribution is -2.19. The number of ether oxygens (including phenoxy) is 5. The number of aromatic nitrogens is 1. The lowest BCUT2D eigenvalue weighted by Gasteiger charge is -2.17. The molecule has 11 nitrogen and oxygen atoms in total. The van der Waals surface area contributed by atoms with Crippen LogP contribution in [0.4, 0.5) is 5.13 Å². The zero-order chi connectivity index (χ0) is 43.2. The average molecular weight is 848 g/mol. The van der Waals surface area contributed by atoms with Crippen LogP contribution in [0.25, 0.3) is 10.2 Å². The van der Waals surface area contributed by atoms with Gasteiger partial charge in [-0.05, 0) is 123 Å². The Morgan fingerprint density at radius 2 is 1.33 bits per heavy atom. The van der Waals surface area contributed by atoms with Crippen molar-refractivity contribution in [1.29, 1.82) is 0 Å². The quantitative estimate of drug-likeness (QED) is 0.0133. The first-order chi connectivity index (χ1) is 29.7. The van der Waals surface area contributed by atoms with Crippen molar-refractivity contribution in [3.05, 3.63) is 120 Å². The Bertz CT molecular complexity index is 2150. The third-order valence-corrected chi connectivity index (χ3v) is 10.6. The van der Waals surface area contributed by atoms with E-state index in [0.29, 0.717) is 60.5 Å². The molecule has 61 heavy (non-hydrogen) atoms. The summed E-state index contributed by atoms with van der Waals surface area (Å²) in [4.78, 5) is 42.8.